The van der Waals surface area contributed by atoms with Crippen LogP contribution in [0.1, 0.15) is 4.88 Å². The van der Waals surface area contributed by atoms with E-state index >= 15 is 0 Å². The van der Waals surface area contributed by atoms with Gasteiger partial charge in [-0.15, -0.1) is 11.3 Å². The number of halogens is 1. The second-order valence-electron chi connectivity index (χ2n) is 2.83. The second kappa shape index (κ2) is 5.19. The predicted molar refractivity (Wildman–Crippen MR) is 58.4 cm³/mol. The highest BCUT2D eigenvalue weighted by molar-refractivity contribution is 7.16. The number of rotatable bonds is 3. The number of hydrazine groups is 1. The summed E-state index contributed by atoms with van der Waals surface area (Å²) < 4.78 is 0.769. The Labute approximate surface area is 91.6 Å². The van der Waals surface area contributed by atoms with Gasteiger partial charge in [-0.25, -0.2) is 10.6 Å². The van der Waals surface area contributed by atoms with Crippen molar-refractivity contribution in [2.75, 3.05) is 13.6 Å². The van der Waals surface area contributed by atoms with Crippen molar-refractivity contribution in [1.82, 2.24) is 10.3 Å². The zero-order valence-corrected chi connectivity index (χ0v) is 9.36. The monoisotopic (exact) mass is 233 g/mol. The molecular weight excluding hydrogens is 222 g/mol. The lowest BCUT2D eigenvalue weighted by atomic mass is 10.3. The van der Waals surface area contributed by atoms with Gasteiger partial charge in [-0.2, -0.15) is 0 Å². The van der Waals surface area contributed by atoms with Gasteiger partial charge < -0.3 is 4.90 Å². The molecule has 0 bridgehead atoms. The summed E-state index contributed by atoms with van der Waals surface area (Å²) in [7, 11) is 1.69. The molecule has 2 amide bonds. The van der Waals surface area contributed by atoms with E-state index in [4.69, 9.17) is 17.4 Å². The van der Waals surface area contributed by atoms with Crippen LogP contribution in [0, 0.1) is 0 Å². The lowest BCUT2D eigenvalue weighted by Gasteiger charge is -2.15. The number of thiophene rings is 1. The first-order valence-corrected chi connectivity index (χ1v) is 5.29. The third-order valence-electron chi connectivity index (χ3n) is 1.79. The van der Waals surface area contributed by atoms with Crippen LogP contribution >= 0.6 is 22.9 Å². The number of urea groups is 1. The zero-order valence-electron chi connectivity index (χ0n) is 7.79. The van der Waals surface area contributed by atoms with Crippen molar-refractivity contribution in [3.8, 4) is 0 Å². The quantitative estimate of drug-likeness (QED) is 0.472. The molecule has 0 aliphatic heterocycles. The molecule has 1 heterocycles. The Bertz CT molecular complexity index is 315. The van der Waals surface area contributed by atoms with Gasteiger partial charge in [0.05, 0.1) is 4.34 Å². The Morgan fingerprint density at radius 2 is 2.43 bits per heavy atom. The smallest absolute Gasteiger partial charge is 0.326 e. The number of amides is 2. The van der Waals surface area contributed by atoms with Crippen molar-refractivity contribution >= 4 is 29.0 Å². The lowest BCUT2D eigenvalue weighted by molar-refractivity contribution is 0.209. The van der Waals surface area contributed by atoms with Gasteiger partial charge in [0.1, 0.15) is 0 Å². The van der Waals surface area contributed by atoms with Crippen LogP contribution in [-0.4, -0.2) is 24.5 Å². The number of nitrogens with one attached hydrogen (secondary N) is 1. The largest absolute Gasteiger partial charge is 0.331 e. The van der Waals surface area contributed by atoms with E-state index in [0.717, 1.165) is 15.6 Å². The summed E-state index contributed by atoms with van der Waals surface area (Å²) >= 11 is 7.30. The number of nitrogens with two attached hydrogens (primary N) is 1. The third kappa shape index (κ3) is 3.17. The molecule has 14 heavy (non-hydrogen) atoms. The van der Waals surface area contributed by atoms with Gasteiger partial charge in [-0.05, 0) is 18.6 Å². The van der Waals surface area contributed by atoms with E-state index in [9.17, 15) is 4.79 Å². The Kier molecular flexibility index (Phi) is 4.19. The molecule has 1 aromatic heterocycles. The molecule has 78 valence electrons. The Morgan fingerprint density at radius 1 is 1.71 bits per heavy atom. The highest BCUT2D eigenvalue weighted by Crippen LogP contribution is 2.21. The van der Waals surface area contributed by atoms with E-state index in [1.165, 1.54) is 16.2 Å². The van der Waals surface area contributed by atoms with Crippen LogP contribution in [0.4, 0.5) is 4.79 Å². The van der Waals surface area contributed by atoms with E-state index in [1.54, 1.807) is 7.05 Å². The fraction of sp³-hybridized carbons (Fsp3) is 0.375. The molecule has 6 heteroatoms. The number of likely N-dealkylation sites (N-methyl/N-ethyl adjacent to an activating group) is 1. The van der Waals surface area contributed by atoms with Crippen molar-refractivity contribution in [3.05, 3.63) is 21.3 Å². The minimum atomic E-state index is -0.285. The van der Waals surface area contributed by atoms with Crippen molar-refractivity contribution in [2.24, 2.45) is 5.84 Å². The van der Waals surface area contributed by atoms with Crippen LogP contribution in [0.3, 0.4) is 0 Å². The molecule has 3 N–H and O–H groups in total. The highest BCUT2D eigenvalue weighted by atomic mass is 35.5. The van der Waals surface area contributed by atoms with Gasteiger partial charge in [0.15, 0.2) is 0 Å². The normalized spacial score (nSPS) is 9.93. The maximum absolute atomic E-state index is 11.0. The number of carbonyl (C=O) groups excluding carboxylic acids is 1. The standard InChI is InChI=1S/C8H12ClN3OS/c1-12(8(13)11-10)5-4-6-2-3-7(9)14-6/h2-3H,4-5,10H2,1H3,(H,11,13). The summed E-state index contributed by atoms with van der Waals surface area (Å²) in [5, 5.41) is 0. The molecule has 0 aromatic carbocycles. The SMILES string of the molecule is CN(CCc1ccc(Cl)s1)C(=O)NN. The summed E-state index contributed by atoms with van der Waals surface area (Å²) in [6.45, 7) is 0.625. The van der Waals surface area contributed by atoms with Gasteiger partial charge in [0.2, 0.25) is 0 Å². The van der Waals surface area contributed by atoms with Crippen LogP contribution in [0.5, 0.6) is 0 Å². The third-order valence-corrected chi connectivity index (χ3v) is 3.08. The topological polar surface area (TPSA) is 58.4 Å². The Morgan fingerprint density at radius 3 is 2.93 bits per heavy atom. The van der Waals surface area contributed by atoms with Gasteiger partial charge in [-0.1, -0.05) is 11.6 Å². The van der Waals surface area contributed by atoms with E-state index < -0.39 is 0 Å². The van der Waals surface area contributed by atoms with E-state index in [0.29, 0.717) is 6.54 Å². The summed E-state index contributed by atoms with van der Waals surface area (Å²) in [6.07, 6.45) is 0.793. The first kappa shape index (κ1) is 11.3. The molecule has 0 radical (unpaired) electrons. The van der Waals surface area contributed by atoms with E-state index in [-0.39, 0.29) is 6.03 Å². The summed E-state index contributed by atoms with van der Waals surface area (Å²) in [5.74, 6) is 4.99. The van der Waals surface area contributed by atoms with Gasteiger partial charge in [0.25, 0.3) is 0 Å². The summed E-state index contributed by atoms with van der Waals surface area (Å²) in [5.41, 5.74) is 2.07. The average Bonchev–Trinajstić information content (AvgIpc) is 2.59. The molecule has 0 fully saturated rings. The molecule has 4 nitrogen and oxygen atoms in total. The van der Waals surface area contributed by atoms with Crippen LogP contribution in [0.25, 0.3) is 0 Å². The highest BCUT2D eigenvalue weighted by Gasteiger charge is 2.06. The van der Waals surface area contributed by atoms with Gasteiger partial charge >= 0.3 is 6.03 Å². The molecular formula is C8H12ClN3OS. The molecule has 0 unspecified atom stereocenters. The number of hydrogen-bond donors (Lipinski definition) is 2. The summed E-state index contributed by atoms with van der Waals surface area (Å²) in [4.78, 5) is 13.7. The Balaban J connectivity index is 2.37. The van der Waals surface area contributed by atoms with Crippen LogP contribution in [0.15, 0.2) is 12.1 Å². The first-order valence-electron chi connectivity index (χ1n) is 4.09. The Hall–Kier alpha value is -0.780. The molecule has 0 aliphatic rings. The lowest BCUT2D eigenvalue weighted by Crippen LogP contribution is -2.41. The molecule has 1 aromatic rings. The van der Waals surface area contributed by atoms with E-state index in [2.05, 4.69) is 5.43 Å². The molecule has 0 atom stereocenters. The number of nitrogens with zero attached hydrogens (tertiary/aromatic N) is 1. The minimum absolute atomic E-state index is 0.285. The maximum atomic E-state index is 11.0. The van der Waals surface area contributed by atoms with Crippen LogP contribution < -0.4 is 11.3 Å². The maximum Gasteiger partial charge on any atom is 0.331 e. The predicted octanol–water partition coefficient (Wildman–Crippen LogP) is 1.46. The number of carbonyl (C=O) groups is 1. The van der Waals surface area contributed by atoms with Crippen molar-refractivity contribution in [2.45, 2.75) is 6.42 Å². The van der Waals surface area contributed by atoms with Crippen molar-refractivity contribution in [1.29, 1.82) is 0 Å². The van der Waals surface area contributed by atoms with Gasteiger partial charge in [0, 0.05) is 18.5 Å². The van der Waals surface area contributed by atoms with Crippen molar-refractivity contribution < 1.29 is 4.79 Å². The first-order chi connectivity index (χ1) is 6.63. The molecule has 0 saturated heterocycles. The summed E-state index contributed by atoms with van der Waals surface area (Å²) in [6, 6.07) is 3.53. The van der Waals surface area contributed by atoms with Gasteiger partial charge in [-0.3, -0.25) is 5.43 Å². The fourth-order valence-electron chi connectivity index (χ4n) is 0.976. The molecule has 0 spiro atoms. The average molecular weight is 234 g/mol. The number of hydrogen-bond acceptors (Lipinski definition) is 3. The van der Waals surface area contributed by atoms with E-state index in [1.807, 2.05) is 12.1 Å². The molecule has 1 rings (SSSR count). The minimum Gasteiger partial charge on any atom is -0.326 e. The molecule has 0 aliphatic carbocycles. The van der Waals surface area contributed by atoms with Crippen molar-refractivity contribution in [3.63, 3.8) is 0 Å². The van der Waals surface area contributed by atoms with Crippen LogP contribution in [0.2, 0.25) is 4.34 Å². The fourth-order valence-corrected chi connectivity index (χ4v) is 2.05. The second-order valence-corrected chi connectivity index (χ2v) is 4.63. The zero-order chi connectivity index (χ0) is 10.6. The molecule has 0 saturated carbocycles. The van der Waals surface area contributed by atoms with Crippen LogP contribution in [-0.2, 0) is 6.42 Å².